The highest BCUT2D eigenvalue weighted by Crippen LogP contribution is 2.07. The van der Waals surface area contributed by atoms with Crippen LogP contribution in [0, 0.1) is 0 Å². The van der Waals surface area contributed by atoms with Crippen molar-refractivity contribution in [1.29, 1.82) is 0 Å². The maximum Gasteiger partial charge on any atom is 0.158 e. The van der Waals surface area contributed by atoms with Gasteiger partial charge in [-0.1, -0.05) is 6.08 Å². The lowest BCUT2D eigenvalue weighted by atomic mass is 10.3. The van der Waals surface area contributed by atoms with Crippen LogP contribution >= 0.6 is 0 Å². The average molecular weight is 112 g/mol. The van der Waals surface area contributed by atoms with Crippen molar-refractivity contribution < 1.29 is 9.53 Å². The molecule has 0 aromatic rings. The van der Waals surface area contributed by atoms with E-state index in [1.807, 2.05) is 0 Å². The summed E-state index contributed by atoms with van der Waals surface area (Å²) < 4.78 is 4.87. The summed E-state index contributed by atoms with van der Waals surface area (Å²) in [7, 11) is 1.60. The van der Waals surface area contributed by atoms with Gasteiger partial charge in [-0.15, -0.1) is 0 Å². The van der Waals surface area contributed by atoms with Gasteiger partial charge in [0.1, 0.15) is 0 Å². The van der Waals surface area contributed by atoms with Crippen molar-refractivity contribution in [2.75, 3.05) is 7.11 Å². The summed E-state index contributed by atoms with van der Waals surface area (Å²) in [5.41, 5.74) is 0. The Bertz CT molecular complexity index is 126. The molecule has 44 valence electrons. The highest BCUT2D eigenvalue weighted by atomic mass is 16.5. The van der Waals surface area contributed by atoms with E-state index >= 15 is 0 Å². The summed E-state index contributed by atoms with van der Waals surface area (Å²) in [6, 6.07) is 0. The SMILES string of the molecule is COC1C=CC(=O)C1. The minimum Gasteiger partial charge on any atom is -0.377 e. The first kappa shape index (κ1) is 5.51. The van der Waals surface area contributed by atoms with Crippen molar-refractivity contribution >= 4 is 5.78 Å². The Morgan fingerprint density at radius 3 is 2.88 bits per heavy atom. The number of carbonyl (C=O) groups is 1. The predicted molar refractivity (Wildman–Crippen MR) is 29.6 cm³/mol. The van der Waals surface area contributed by atoms with Gasteiger partial charge >= 0.3 is 0 Å². The minimum atomic E-state index is 0.0440. The standard InChI is InChI=1S/C6H8O2/c1-8-6-3-2-5(7)4-6/h2-3,6H,4H2,1H3. The molecule has 0 N–H and O–H groups in total. The molecular weight excluding hydrogens is 104 g/mol. The zero-order valence-corrected chi connectivity index (χ0v) is 4.76. The van der Waals surface area contributed by atoms with Crippen molar-refractivity contribution in [1.82, 2.24) is 0 Å². The molecule has 2 heteroatoms. The molecule has 2 nitrogen and oxygen atoms in total. The number of methoxy groups -OCH3 is 1. The first-order chi connectivity index (χ1) is 3.83. The Labute approximate surface area is 48.1 Å². The van der Waals surface area contributed by atoms with Crippen LogP contribution in [0.2, 0.25) is 0 Å². The Balaban J connectivity index is 2.46. The topological polar surface area (TPSA) is 26.3 Å². The molecule has 1 aliphatic carbocycles. The van der Waals surface area contributed by atoms with E-state index < -0.39 is 0 Å². The number of hydrogen-bond donors (Lipinski definition) is 0. The second-order valence-electron chi connectivity index (χ2n) is 1.80. The van der Waals surface area contributed by atoms with Crippen molar-refractivity contribution in [3.63, 3.8) is 0 Å². The summed E-state index contributed by atoms with van der Waals surface area (Å²) in [5, 5.41) is 0. The van der Waals surface area contributed by atoms with Crippen LogP contribution in [0.15, 0.2) is 12.2 Å². The third kappa shape index (κ3) is 0.954. The maximum atomic E-state index is 10.4. The van der Waals surface area contributed by atoms with Gasteiger partial charge in [-0.2, -0.15) is 0 Å². The quantitative estimate of drug-likeness (QED) is 0.494. The first-order valence-electron chi connectivity index (χ1n) is 2.57. The molecule has 1 atom stereocenters. The van der Waals surface area contributed by atoms with Crippen LogP contribution in [0.4, 0.5) is 0 Å². The molecule has 0 spiro atoms. The number of ether oxygens (including phenoxy) is 1. The molecule has 0 saturated carbocycles. The average Bonchev–Trinajstić information content (AvgIpc) is 2.14. The van der Waals surface area contributed by atoms with Crippen LogP contribution in [0.5, 0.6) is 0 Å². The molecule has 0 radical (unpaired) electrons. The van der Waals surface area contributed by atoms with E-state index in [4.69, 9.17) is 4.74 Å². The maximum absolute atomic E-state index is 10.4. The summed E-state index contributed by atoms with van der Waals surface area (Å²) in [6.07, 6.45) is 3.91. The van der Waals surface area contributed by atoms with Crippen LogP contribution in [0.1, 0.15) is 6.42 Å². The van der Waals surface area contributed by atoms with Crippen molar-refractivity contribution in [2.45, 2.75) is 12.5 Å². The van der Waals surface area contributed by atoms with Gasteiger partial charge in [0.05, 0.1) is 6.10 Å². The van der Waals surface area contributed by atoms with Gasteiger partial charge < -0.3 is 4.74 Å². The minimum absolute atomic E-state index is 0.0440. The zero-order chi connectivity index (χ0) is 5.98. The Morgan fingerprint density at radius 2 is 2.62 bits per heavy atom. The van der Waals surface area contributed by atoms with Gasteiger partial charge in [-0.25, -0.2) is 0 Å². The molecule has 8 heavy (non-hydrogen) atoms. The Hall–Kier alpha value is -0.630. The summed E-state index contributed by atoms with van der Waals surface area (Å²) in [4.78, 5) is 10.4. The number of rotatable bonds is 1. The lowest BCUT2D eigenvalue weighted by Gasteiger charge is -1.99. The first-order valence-corrected chi connectivity index (χ1v) is 2.57. The highest BCUT2D eigenvalue weighted by molar-refractivity contribution is 5.92. The number of hydrogen-bond acceptors (Lipinski definition) is 2. The largest absolute Gasteiger partial charge is 0.377 e. The van der Waals surface area contributed by atoms with E-state index in [0.717, 1.165) is 0 Å². The fourth-order valence-corrected chi connectivity index (χ4v) is 0.711. The number of ketones is 1. The molecule has 1 unspecified atom stereocenters. The van der Waals surface area contributed by atoms with Crippen LogP contribution in [-0.2, 0) is 9.53 Å². The van der Waals surface area contributed by atoms with Crippen LogP contribution < -0.4 is 0 Å². The van der Waals surface area contributed by atoms with Gasteiger partial charge in [0, 0.05) is 13.5 Å². The van der Waals surface area contributed by atoms with Gasteiger partial charge in [0.15, 0.2) is 5.78 Å². The molecule has 0 aromatic carbocycles. The molecule has 0 aromatic heterocycles. The van der Waals surface area contributed by atoms with Gasteiger partial charge in [0.25, 0.3) is 0 Å². The number of carbonyl (C=O) groups excluding carboxylic acids is 1. The lowest BCUT2D eigenvalue weighted by Crippen LogP contribution is -2.04. The van der Waals surface area contributed by atoms with E-state index in [9.17, 15) is 4.79 Å². The second kappa shape index (κ2) is 2.09. The van der Waals surface area contributed by atoms with E-state index in [2.05, 4.69) is 0 Å². The van der Waals surface area contributed by atoms with Gasteiger partial charge in [-0.05, 0) is 6.08 Å². The summed E-state index contributed by atoms with van der Waals surface area (Å²) >= 11 is 0. The van der Waals surface area contributed by atoms with Gasteiger partial charge in [0.2, 0.25) is 0 Å². The van der Waals surface area contributed by atoms with Crippen LogP contribution in [-0.4, -0.2) is 19.0 Å². The normalized spacial score (nSPS) is 27.1. The van der Waals surface area contributed by atoms with E-state index in [0.29, 0.717) is 6.42 Å². The zero-order valence-electron chi connectivity index (χ0n) is 4.76. The number of allylic oxidation sites excluding steroid dienone is 1. The van der Waals surface area contributed by atoms with E-state index in [1.165, 1.54) is 0 Å². The summed E-state index contributed by atoms with van der Waals surface area (Å²) in [5.74, 6) is 0.164. The molecule has 0 aliphatic heterocycles. The molecule has 1 aliphatic rings. The van der Waals surface area contributed by atoms with Crippen molar-refractivity contribution in [2.24, 2.45) is 0 Å². The van der Waals surface area contributed by atoms with E-state index in [-0.39, 0.29) is 11.9 Å². The fraction of sp³-hybridized carbons (Fsp3) is 0.500. The molecule has 0 amide bonds. The lowest BCUT2D eigenvalue weighted by molar-refractivity contribution is -0.115. The fourth-order valence-electron chi connectivity index (χ4n) is 0.711. The molecule has 1 rings (SSSR count). The Kier molecular flexibility index (Phi) is 1.44. The second-order valence-corrected chi connectivity index (χ2v) is 1.80. The molecule has 0 bridgehead atoms. The molecule has 0 heterocycles. The highest BCUT2D eigenvalue weighted by Gasteiger charge is 2.13. The third-order valence-corrected chi connectivity index (χ3v) is 1.20. The summed E-state index contributed by atoms with van der Waals surface area (Å²) in [6.45, 7) is 0. The predicted octanol–water partition coefficient (Wildman–Crippen LogP) is 0.530. The van der Waals surface area contributed by atoms with Crippen LogP contribution in [0.3, 0.4) is 0 Å². The Morgan fingerprint density at radius 1 is 1.88 bits per heavy atom. The monoisotopic (exact) mass is 112 g/mol. The molecular formula is C6H8O2. The smallest absolute Gasteiger partial charge is 0.158 e. The van der Waals surface area contributed by atoms with Crippen molar-refractivity contribution in [3.8, 4) is 0 Å². The molecule has 0 fully saturated rings. The molecule has 0 saturated heterocycles. The van der Waals surface area contributed by atoms with Gasteiger partial charge in [-0.3, -0.25) is 4.79 Å². The van der Waals surface area contributed by atoms with Crippen molar-refractivity contribution in [3.05, 3.63) is 12.2 Å². The third-order valence-electron chi connectivity index (χ3n) is 1.20. The van der Waals surface area contributed by atoms with E-state index in [1.54, 1.807) is 19.3 Å². The van der Waals surface area contributed by atoms with Crippen LogP contribution in [0.25, 0.3) is 0 Å².